The number of para-hydroxylation sites is 1. The molecule has 2 aromatic rings. The van der Waals surface area contributed by atoms with Gasteiger partial charge in [0.15, 0.2) is 11.6 Å². The van der Waals surface area contributed by atoms with Gasteiger partial charge in [0.05, 0.1) is 12.3 Å². The van der Waals surface area contributed by atoms with Crippen molar-refractivity contribution in [3.63, 3.8) is 0 Å². The number of aliphatic hydroxyl groups excluding tert-OH is 5. The fourth-order valence-electron chi connectivity index (χ4n) is 2.68. The maximum atomic E-state index is 10.1. The molecule has 0 saturated carbocycles. The number of nitrogens with zero attached hydrogens (tertiary/aromatic N) is 3. The lowest BCUT2D eigenvalue weighted by atomic mass is 9.95. The summed E-state index contributed by atoms with van der Waals surface area (Å²) in [6, 6.07) is 8.96. The van der Waals surface area contributed by atoms with Crippen molar-refractivity contribution < 1.29 is 30.3 Å². The fourth-order valence-corrected chi connectivity index (χ4v) is 2.68. The van der Waals surface area contributed by atoms with Gasteiger partial charge in [-0.05, 0) is 12.1 Å². The first kappa shape index (κ1) is 17.0. The van der Waals surface area contributed by atoms with Crippen molar-refractivity contribution in [1.82, 2.24) is 14.8 Å². The molecule has 1 aromatic heterocycles. The molecule has 0 radical (unpaired) electrons. The van der Waals surface area contributed by atoms with Gasteiger partial charge in [-0.2, -0.15) is 0 Å². The van der Waals surface area contributed by atoms with Crippen LogP contribution in [0.1, 0.15) is 17.8 Å². The van der Waals surface area contributed by atoms with Crippen LogP contribution in [0.5, 0.6) is 0 Å². The van der Waals surface area contributed by atoms with Crippen molar-refractivity contribution in [2.75, 3.05) is 6.61 Å². The Bertz CT molecular complexity index is 677. The highest BCUT2D eigenvalue weighted by molar-refractivity contribution is 5.31. The van der Waals surface area contributed by atoms with Crippen LogP contribution in [-0.2, 0) is 11.3 Å². The minimum Gasteiger partial charge on any atom is -0.394 e. The van der Waals surface area contributed by atoms with Crippen LogP contribution in [0.3, 0.4) is 0 Å². The molecule has 1 saturated heterocycles. The third kappa shape index (κ3) is 2.93. The minimum absolute atomic E-state index is 0.0415. The van der Waals surface area contributed by atoms with Crippen LogP contribution < -0.4 is 0 Å². The van der Waals surface area contributed by atoms with E-state index in [1.54, 1.807) is 24.3 Å². The number of benzene rings is 1. The van der Waals surface area contributed by atoms with Crippen LogP contribution in [0.15, 0.2) is 30.3 Å². The highest BCUT2D eigenvalue weighted by atomic mass is 16.5. The zero-order valence-electron chi connectivity index (χ0n) is 12.7. The molecule has 9 heteroatoms. The second-order valence-electron chi connectivity index (χ2n) is 5.54. The maximum Gasteiger partial charge on any atom is 0.183 e. The number of rotatable bonds is 4. The molecule has 24 heavy (non-hydrogen) atoms. The van der Waals surface area contributed by atoms with E-state index in [9.17, 15) is 25.5 Å². The molecular formula is C15H19N3O6. The van der Waals surface area contributed by atoms with Crippen LogP contribution >= 0.6 is 0 Å². The lowest BCUT2D eigenvalue weighted by molar-refractivity contribution is -0.233. The van der Waals surface area contributed by atoms with Crippen LogP contribution in [0.2, 0.25) is 0 Å². The van der Waals surface area contributed by atoms with Gasteiger partial charge >= 0.3 is 0 Å². The number of hydrogen-bond acceptors (Lipinski definition) is 8. The average Bonchev–Trinajstić information content (AvgIpc) is 3.05. The zero-order chi connectivity index (χ0) is 17.3. The molecule has 9 nitrogen and oxygen atoms in total. The summed E-state index contributed by atoms with van der Waals surface area (Å²) >= 11 is 0. The standard InChI is InChI=1S/C15H19N3O6/c19-6-9-11(21)12(22)13(23)14(24-9)15-16-10(7-20)18(17-15)8-4-2-1-3-5-8/h1-5,9,11-14,19-23H,6-7H2/t9-,11-,12+,13-,14-/m1/s1. The number of hydrogen-bond donors (Lipinski definition) is 5. The molecule has 1 aliphatic rings. The highest BCUT2D eigenvalue weighted by Crippen LogP contribution is 2.31. The first-order chi connectivity index (χ1) is 11.6. The molecular weight excluding hydrogens is 318 g/mol. The van der Waals surface area contributed by atoms with Crippen molar-refractivity contribution in [3.05, 3.63) is 42.0 Å². The Hall–Kier alpha value is -1.88. The Labute approximate surface area is 137 Å². The summed E-state index contributed by atoms with van der Waals surface area (Å²) in [5.41, 5.74) is 0.657. The Morgan fingerprint density at radius 3 is 2.33 bits per heavy atom. The van der Waals surface area contributed by atoms with E-state index in [0.717, 1.165) is 0 Å². The van der Waals surface area contributed by atoms with Gasteiger partial charge < -0.3 is 30.3 Å². The summed E-state index contributed by atoms with van der Waals surface area (Å²) < 4.78 is 6.83. The topological polar surface area (TPSA) is 141 Å². The lowest BCUT2D eigenvalue weighted by Crippen LogP contribution is -2.55. The summed E-state index contributed by atoms with van der Waals surface area (Å²) in [7, 11) is 0. The average molecular weight is 337 g/mol. The van der Waals surface area contributed by atoms with Crippen molar-refractivity contribution in [1.29, 1.82) is 0 Å². The van der Waals surface area contributed by atoms with E-state index in [-0.39, 0.29) is 18.3 Å². The van der Waals surface area contributed by atoms with Crippen molar-refractivity contribution >= 4 is 0 Å². The SMILES string of the molecule is OCc1nc([C@@H]2O[C@H](CO)[C@@H](O)[C@H](O)[C@H]2O)nn1-c1ccccc1. The Morgan fingerprint density at radius 1 is 1.00 bits per heavy atom. The van der Waals surface area contributed by atoms with E-state index >= 15 is 0 Å². The smallest absolute Gasteiger partial charge is 0.183 e. The molecule has 0 aliphatic carbocycles. The van der Waals surface area contributed by atoms with Gasteiger partial charge in [0.1, 0.15) is 37.1 Å². The van der Waals surface area contributed by atoms with E-state index in [1.165, 1.54) is 4.68 Å². The summed E-state index contributed by atoms with van der Waals surface area (Å²) in [6.07, 6.45) is -6.62. The van der Waals surface area contributed by atoms with Gasteiger partial charge in [-0.25, -0.2) is 9.67 Å². The Morgan fingerprint density at radius 2 is 1.71 bits per heavy atom. The molecule has 3 rings (SSSR count). The Balaban J connectivity index is 1.96. The second kappa shape index (κ2) is 6.93. The van der Waals surface area contributed by atoms with Gasteiger partial charge in [0.2, 0.25) is 0 Å². The van der Waals surface area contributed by atoms with Gasteiger partial charge in [-0.1, -0.05) is 18.2 Å². The molecule has 0 bridgehead atoms. The van der Waals surface area contributed by atoms with Crippen LogP contribution in [0, 0.1) is 0 Å². The van der Waals surface area contributed by atoms with Gasteiger partial charge in [0.25, 0.3) is 0 Å². The molecule has 1 aliphatic heterocycles. The fraction of sp³-hybridized carbons (Fsp3) is 0.467. The van der Waals surface area contributed by atoms with Gasteiger partial charge in [0, 0.05) is 0 Å². The molecule has 5 N–H and O–H groups in total. The van der Waals surface area contributed by atoms with E-state index in [4.69, 9.17) is 4.74 Å². The molecule has 0 unspecified atom stereocenters. The molecule has 1 aromatic carbocycles. The first-order valence-corrected chi connectivity index (χ1v) is 7.49. The predicted molar refractivity (Wildman–Crippen MR) is 80.0 cm³/mol. The van der Waals surface area contributed by atoms with E-state index < -0.39 is 37.1 Å². The number of aliphatic hydroxyl groups is 5. The molecule has 5 atom stereocenters. The molecule has 1 fully saturated rings. The molecule has 0 amide bonds. The summed E-state index contributed by atoms with van der Waals surface area (Å²) in [5.74, 6) is 0.271. The minimum atomic E-state index is -1.51. The largest absolute Gasteiger partial charge is 0.394 e. The van der Waals surface area contributed by atoms with Crippen molar-refractivity contribution in [3.8, 4) is 5.69 Å². The van der Waals surface area contributed by atoms with E-state index in [0.29, 0.717) is 5.69 Å². The third-order valence-electron chi connectivity index (χ3n) is 3.98. The summed E-state index contributed by atoms with van der Waals surface area (Å²) in [5, 5.41) is 52.8. The monoisotopic (exact) mass is 337 g/mol. The van der Waals surface area contributed by atoms with E-state index in [2.05, 4.69) is 10.1 Å². The summed E-state index contributed by atoms with van der Waals surface area (Å²) in [6.45, 7) is -0.924. The first-order valence-electron chi connectivity index (χ1n) is 7.49. The summed E-state index contributed by atoms with van der Waals surface area (Å²) in [4.78, 5) is 4.15. The number of ether oxygens (including phenoxy) is 1. The molecule has 2 heterocycles. The van der Waals surface area contributed by atoms with Crippen molar-refractivity contribution in [2.24, 2.45) is 0 Å². The number of aromatic nitrogens is 3. The normalized spacial score (nSPS) is 30.5. The van der Waals surface area contributed by atoms with E-state index in [1.807, 2.05) is 6.07 Å². The quantitative estimate of drug-likeness (QED) is 0.443. The van der Waals surface area contributed by atoms with Crippen LogP contribution in [0.25, 0.3) is 5.69 Å². The Kier molecular flexibility index (Phi) is 4.90. The van der Waals surface area contributed by atoms with Crippen LogP contribution in [0.4, 0.5) is 0 Å². The second-order valence-corrected chi connectivity index (χ2v) is 5.54. The molecule has 0 spiro atoms. The zero-order valence-corrected chi connectivity index (χ0v) is 12.7. The lowest BCUT2D eigenvalue weighted by Gasteiger charge is -2.38. The highest BCUT2D eigenvalue weighted by Gasteiger charge is 2.45. The van der Waals surface area contributed by atoms with Gasteiger partial charge in [-0.15, -0.1) is 5.10 Å². The van der Waals surface area contributed by atoms with Crippen LogP contribution in [-0.4, -0.2) is 71.3 Å². The maximum absolute atomic E-state index is 10.1. The molecule has 130 valence electrons. The van der Waals surface area contributed by atoms with Crippen molar-refractivity contribution in [2.45, 2.75) is 37.1 Å². The predicted octanol–water partition coefficient (Wildman–Crippen LogP) is -1.73. The third-order valence-corrected chi connectivity index (χ3v) is 3.98. The van der Waals surface area contributed by atoms with Gasteiger partial charge in [-0.3, -0.25) is 0 Å².